The monoisotopic (exact) mass is 729 g/mol. The van der Waals surface area contributed by atoms with Crippen LogP contribution in [0.1, 0.15) is 25.0 Å². The highest BCUT2D eigenvalue weighted by atomic mass is 15.1. The predicted molar refractivity (Wildman–Crippen MR) is 239 cm³/mol. The third kappa shape index (κ3) is 5.31. The zero-order valence-corrected chi connectivity index (χ0v) is 31.9. The molecule has 0 amide bonds. The molecular formula is C54H39N3. The molecule has 1 aliphatic carbocycles. The molecule has 9 aromatic carbocycles. The fraction of sp³-hybridized carbons (Fsp3) is 0.0556. The number of imidazole rings is 1. The van der Waals surface area contributed by atoms with Gasteiger partial charge in [0.1, 0.15) is 5.82 Å². The van der Waals surface area contributed by atoms with Gasteiger partial charge >= 0.3 is 0 Å². The van der Waals surface area contributed by atoms with Crippen molar-refractivity contribution >= 4 is 49.6 Å². The lowest BCUT2D eigenvalue weighted by Gasteiger charge is -2.29. The quantitative estimate of drug-likeness (QED) is 0.170. The minimum absolute atomic E-state index is 0.264. The molecule has 0 fully saturated rings. The molecular weight excluding hydrogens is 691 g/mol. The molecule has 1 heterocycles. The van der Waals surface area contributed by atoms with Gasteiger partial charge in [-0.2, -0.15) is 0 Å². The van der Waals surface area contributed by atoms with E-state index in [-0.39, 0.29) is 5.41 Å². The van der Waals surface area contributed by atoms with Crippen molar-refractivity contribution in [2.75, 3.05) is 4.90 Å². The summed E-state index contributed by atoms with van der Waals surface area (Å²) < 4.78 is 2.34. The van der Waals surface area contributed by atoms with Gasteiger partial charge < -0.3 is 4.90 Å². The first-order chi connectivity index (χ1) is 28.0. The van der Waals surface area contributed by atoms with E-state index >= 15 is 0 Å². The summed E-state index contributed by atoms with van der Waals surface area (Å²) >= 11 is 0. The van der Waals surface area contributed by atoms with Crippen LogP contribution in [0.4, 0.5) is 17.1 Å². The van der Waals surface area contributed by atoms with Gasteiger partial charge in [0, 0.05) is 39.1 Å². The molecule has 270 valence electrons. The Bertz CT molecular complexity index is 3130. The van der Waals surface area contributed by atoms with Crippen molar-refractivity contribution in [3.63, 3.8) is 0 Å². The van der Waals surface area contributed by atoms with E-state index in [4.69, 9.17) is 4.98 Å². The Morgan fingerprint density at radius 1 is 0.456 bits per heavy atom. The fourth-order valence-corrected chi connectivity index (χ4v) is 9.24. The topological polar surface area (TPSA) is 21.1 Å². The van der Waals surface area contributed by atoms with Gasteiger partial charge in [-0.1, -0.05) is 159 Å². The van der Waals surface area contributed by atoms with Crippen LogP contribution in [0.15, 0.2) is 200 Å². The fourth-order valence-electron chi connectivity index (χ4n) is 9.24. The first-order valence-corrected chi connectivity index (χ1v) is 19.7. The largest absolute Gasteiger partial charge is 0.310 e. The van der Waals surface area contributed by atoms with Gasteiger partial charge in [-0.25, -0.2) is 4.98 Å². The summed E-state index contributed by atoms with van der Waals surface area (Å²) in [7, 11) is 0. The lowest BCUT2D eigenvalue weighted by molar-refractivity contribution is 0.666. The molecule has 0 spiro atoms. The Hall–Kier alpha value is -7.23. The van der Waals surface area contributed by atoms with Crippen LogP contribution < -0.4 is 4.90 Å². The molecule has 3 heteroatoms. The highest BCUT2D eigenvalue weighted by Gasteiger charge is 2.38. The average molecular weight is 730 g/mol. The summed E-state index contributed by atoms with van der Waals surface area (Å²) in [5.74, 6) is 0.947. The molecule has 0 radical (unpaired) electrons. The van der Waals surface area contributed by atoms with Crippen LogP contribution in [0.5, 0.6) is 0 Å². The Morgan fingerprint density at radius 3 is 1.79 bits per heavy atom. The maximum Gasteiger partial charge on any atom is 0.145 e. The highest BCUT2D eigenvalue weighted by molar-refractivity contribution is 6.11. The Balaban J connectivity index is 1.08. The second-order valence-electron chi connectivity index (χ2n) is 15.6. The maximum absolute atomic E-state index is 5.27. The first-order valence-electron chi connectivity index (χ1n) is 19.7. The molecule has 0 unspecified atom stereocenters. The minimum Gasteiger partial charge on any atom is -0.310 e. The molecule has 57 heavy (non-hydrogen) atoms. The van der Waals surface area contributed by atoms with Crippen molar-refractivity contribution in [3.05, 3.63) is 211 Å². The van der Waals surface area contributed by atoms with Gasteiger partial charge in [-0.3, -0.25) is 4.57 Å². The van der Waals surface area contributed by atoms with Crippen molar-refractivity contribution < 1.29 is 0 Å². The number of benzene rings is 9. The summed E-state index contributed by atoms with van der Waals surface area (Å²) in [6, 6.07) is 72.4. The van der Waals surface area contributed by atoms with Crippen LogP contribution >= 0.6 is 0 Å². The van der Waals surface area contributed by atoms with E-state index in [2.05, 4.69) is 224 Å². The molecule has 10 aromatic rings. The van der Waals surface area contributed by atoms with Gasteiger partial charge in [-0.15, -0.1) is 0 Å². The van der Waals surface area contributed by atoms with Crippen molar-refractivity contribution in [1.29, 1.82) is 0 Å². The zero-order chi connectivity index (χ0) is 38.1. The smallest absolute Gasteiger partial charge is 0.145 e. The molecule has 11 rings (SSSR count). The average Bonchev–Trinajstić information content (AvgIpc) is 3.78. The van der Waals surface area contributed by atoms with Gasteiger partial charge in [0.05, 0.1) is 11.0 Å². The number of hydrogen-bond acceptors (Lipinski definition) is 2. The second kappa shape index (κ2) is 12.9. The lowest BCUT2D eigenvalue weighted by Crippen LogP contribution is -2.17. The molecule has 1 aliphatic rings. The number of aromatic nitrogens is 2. The van der Waals surface area contributed by atoms with Crippen molar-refractivity contribution in [3.8, 4) is 39.3 Å². The van der Waals surface area contributed by atoms with Crippen LogP contribution in [0.2, 0.25) is 0 Å². The van der Waals surface area contributed by atoms with E-state index in [0.717, 1.165) is 45.2 Å². The summed E-state index contributed by atoms with van der Waals surface area (Å²) in [6.07, 6.45) is 0. The van der Waals surface area contributed by atoms with E-state index in [9.17, 15) is 0 Å². The molecule has 0 saturated carbocycles. The van der Waals surface area contributed by atoms with Crippen molar-refractivity contribution in [2.45, 2.75) is 19.3 Å². The SMILES string of the molecule is CC1(C)c2cc(N(c3ccc(-c4ccccc4)cc3)c3ccc4ccccc4c3)ccc2-c2ccc3c(ccc4nc(-c5ccccc5)n(-c5ccccc5)c43)c21. The first kappa shape index (κ1) is 33.1. The number of hydrogen-bond donors (Lipinski definition) is 0. The summed E-state index contributed by atoms with van der Waals surface area (Å²) in [4.78, 5) is 7.67. The molecule has 0 atom stereocenters. The lowest BCUT2D eigenvalue weighted by atomic mass is 9.80. The van der Waals surface area contributed by atoms with Crippen LogP contribution in [-0.4, -0.2) is 9.55 Å². The second-order valence-corrected chi connectivity index (χ2v) is 15.6. The van der Waals surface area contributed by atoms with E-state index in [1.54, 1.807) is 0 Å². The van der Waals surface area contributed by atoms with Crippen LogP contribution in [0.3, 0.4) is 0 Å². The number of fused-ring (bicyclic) bond motifs is 8. The normalized spacial score (nSPS) is 12.9. The molecule has 0 N–H and O–H groups in total. The Morgan fingerprint density at radius 2 is 1.04 bits per heavy atom. The number of anilines is 3. The molecule has 0 aliphatic heterocycles. The number of rotatable bonds is 6. The summed E-state index contributed by atoms with van der Waals surface area (Å²) in [5.41, 5.74) is 15.1. The third-order valence-electron chi connectivity index (χ3n) is 11.9. The van der Waals surface area contributed by atoms with Crippen molar-refractivity contribution in [2.24, 2.45) is 0 Å². The number of nitrogens with zero attached hydrogens (tertiary/aromatic N) is 3. The van der Waals surface area contributed by atoms with E-state index < -0.39 is 0 Å². The molecule has 0 bridgehead atoms. The van der Waals surface area contributed by atoms with Crippen LogP contribution in [0, 0.1) is 0 Å². The highest BCUT2D eigenvalue weighted by Crippen LogP contribution is 2.54. The van der Waals surface area contributed by atoms with Crippen LogP contribution in [0.25, 0.3) is 71.9 Å². The summed E-state index contributed by atoms with van der Waals surface area (Å²) in [5, 5.41) is 4.93. The van der Waals surface area contributed by atoms with Gasteiger partial charge in [0.2, 0.25) is 0 Å². The molecule has 3 nitrogen and oxygen atoms in total. The summed E-state index contributed by atoms with van der Waals surface area (Å²) in [6.45, 7) is 4.79. The Labute approximate surface area is 332 Å². The van der Waals surface area contributed by atoms with Gasteiger partial charge in [0.25, 0.3) is 0 Å². The molecule has 1 aromatic heterocycles. The van der Waals surface area contributed by atoms with E-state index in [1.807, 2.05) is 0 Å². The third-order valence-corrected chi connectivity index (χ3v) is 11.9. The van der Waals surface area contributed by atoms with Crippen LogP contribution in [-0.2, 0) is 5.41 Å². The zero-order valence-electron chi connectivity index (χ0n) is 31.9. The standard InChI is InChI=1S/C54H39N3/c1-54(2)49-35-44(56(43-27-24-37-16-12-13-19-40(37)34-43)42-25-22-38(23-26-42)36-14-6-3-7-15-36)28-29-45(49)46-30-31-48-47(51(46)54)32-33-50-52(48)57(41-20-10-5-11-21-41)53(55-50)39-17-8-4-9-18-39/h3-35H,1-2H3. The maximum atomic E-state index is 5.27. The van der Waals surface area contributed by atoms with Gasteiger partial charge in [-0.05, 0) is 104 Å². The number of para-hydroxylation sites is 1. The van der Waals surface area contributed by atoms with Gasteiger partial charge in [0.15, 0.2) is 0 Å². The minimum atomic E-state index is -0.264. The molecule has 0 saturated heterocycles. The van der Waals surface area contributed by atoms with E-state index in [0.29, 0.717) is 0 Å². The predicted octanol–water partition coefficient (Wildman–Crippen LogP) is 14.4. The van der Waals surface area contributed by atoms with Crippen molar-refractivity contribution in [1.82, 2.24) is 9.55 Å². The Kier molecular flexibility index (Phi) is 7.52. The van der Waals surface area contributed by atoms with E-state index in [1.165, 1.54) is 54.9 Å².